The first-order valence-electron chi connectivity index (χ1n) is 5.43. The van der Waals surface area contributed by atoms with Gasteiger partial charge >= 0.3 is 0 Å². The summed E-state index contributed by atoms with van der Waals surface area (Å²) in [5.74, 6) is -3.37. The lowest BCUT2D eigenvalue weighted by atomic mass is 10.1. The van der Waals surface area contributed by atoms with Crippen LogP contribution in [0.25, 0.3) is 16.8 Å². The molecule has 3 nitrogen and oxygen atoms in total. The molecule has 2 heterocycles. The zero-order valence-electron chi connectivity index (χ0n) is 9.84. The molecule has 0 fully saturated rings. The summed E-state index contributed by atoms with van der Waals surface area (Å²) < 4.78 is 41.8. The van der Waals surface area contributed by atoms with Crippen molar-refractivity contribution >= 4 is 40.4 Å². The molecule has 0 aliphatic heterocycles. The first kappa shape index (κ1) is 14.4. The second kappa shape index (κ2) is 5.05. The van der Waals surface area contributed by atoms with E-state index in [1.807, 2.05) is 0 Å². The summed E-state index contributed by atoms with van der Waals surface area (Å²) >= 11 is 17.8. The van der Waals surface area contributed by atoms with Crippen molar-refractivity contribution in [3.8, 4) is 11.1 Å². The van der Waals surface area contributed by atoms with Crippen LogP contribution in [0.4, 0.5) is 13.2 Å². The summed E-state index contributed by atoms with van der Waals surface area (Å²) in [4.78, 5) is 3.90. The van der Waals surface area contributed by atoms with Gasteiger partial charge in [0.15, 0.2) is 5.65 Å². The van der Waals surface area contributed by atoms with Crippen LogP contribution in [0.5, 0.6) is 0 Å². The maximum atomic E-state index is 13.9. The third kappa shape index (κ3) is 2.23. The summed E-state index contributed by atoms with van der Waals surface area (Å²) in [5, 5.41) is 3.53. The molecule has 3 rings (SSSR count). The van der Waals surface area contributed by atoms with Crippen LogP contribution in [0.3, 0.4) is 0 Å². The third-order valence-electron chi connectivity index (χ3n) is 2.76. The maximum Gasteiger partial charge on any atom is 0.177 e. The van der Waals surface area contributed by atoms with Gasteiger partial charge in [0.05, 0.1) is 17.3 Å². The summed E-state index contributed by atoms with van der Waals surface area (Å²) in [6.45, 7) is 0. The van der Waals surface area contributed by atoms with Crippen LogP contribution in [-0.4, -0.2) is 14.6 Å². The Labute approximate surface area is 130 Å². The highest BCUT2D eigenvalue weighted by Crippen LogP contribution is 2.38. The van der Waals surface area contributed by atoms with Crippen LogP contribution in [-0.2, 0) is 0 Å². The number of hydrogen-bond acceptors (Lipinski definition) is 2. The summed E-state index contributed by atoms with van der Waals surface area (Å²) in [7, 11) is 0. The van der Waals surface area contributed by atoms with Gasteiger partial charge in [-0.2, -0.15) is 5.10 Å². The fraction of sp³-hybridized carbons (Fsp3) is 0. The molecule has 0 aliphatic carbocycles. The van der Waals surface area contributed by atoms with E-state index in [9.17, 15) is 13.2 Å². The van der Waals surface area contributed by atoms with Gasteiger partial charge in [-0.25, -0.2) is 22.7 Å². The van der Waals surface area contributed by atoms with E-state index < -0.39 is 23.0 Å². The van der Waals surface area contributed by atoms with Crippen molar-refractivity contribution in [2.45, 2.75) is 0 Å². The minimum Gasteiger partial charge on any atom is -0.214 e. The molecule has 1 aromatic carbocycles. The molecule has 0 bridgehead atoms. The Kier molecular flexibility index (Phi) is 3.47. The third-order valence-corrected chi connectivity index (χ3v) is 3.65. The topological polar surface area (TPSA) is 30.2 Å². The molecular formula is C12H3Cl3F3N3. The quantitative estimate of drug-likeness (QED) is 0.590. The first-order chi connectivity index (χ1) is 9.90. The Balaban J connectivity index is 2.41. The van der Waals surface area contributed by atoms with Crippen LogP contribution < -0.4 is 0 Å². The average Bonchev–Trinajstić information content (AvgIpc) is 2.74. The zero-order valence-corrected chi connectivity index (χ0v) is 12.1. The predicted octanol–water partition coefficient (Wildman–Crippen LogP) is 4.77. The molecule has 0 amide bonds. The van der Waals surface area contributed by atoms with Gasteiger partial charge in [-0.15, -0.1) is 0 Å². The molecule has 2 aromatic heterocycles. The molecule has 0 N–H and O–H groups in total. The summed E-state index contributed by atoms with van der Waals surface area (Å²) in [5.41, 5.74) is -0.689. The van der Waals surface area contributed by atoms with Crippen molar-refractivity contribution < 1.29 is 13.2 Å². The minimum atomic E-state index is -1.16. The molecule has 0 unspecified atom stereocenters. The van der Waals surface area contributed by atoms with Gasteiger partial charge in [0.2, 0.25) is 0 Å². The highest BCUT2D eigenvalue weighted by atomic mass is 35.5. The SMILES string of the molecule is Fc1cc(F)c(-c2c(Cl)nc3c(Cl)cnn3c2Cl)c(F)c1. The van der Waals surface area contributed by atoms with Crippen molar-refractivity contribution in [3.63, 3.8) is 0 Å². The van der Waals surface area contributed by atoms with E-state index in [-0.39, 0.29) is 26.5 Å². The van der Waals surface area contributed by atoms with E-state index in [1.165, 1.54) is 6.20 Å². The highest BCUT2D eigenvalue weighted by Gasteiger charge is 2.23. The van der Waals surface area contributed by atoms with E-state index >= 15 is 0 Å². The Bertz CT molecular complexity index is 856. The standard InChI is InChI=1S/C12H3Cl3F3N3/c13-5-3-19-21-11(15)9(10(14)20-12(5)21)8-6(17)1-4(16)2-7(8)18/h1-3H. The van der Waals surface area contributed by atoms with E-state index in [0.717, 1.165) is 4.52 Å². The van der Waals surface area contributed by atoms with Gasteiger partial charge in [0.1, 0.15) is 32.8 Å². The van der Waals surface area contributed by atoms with E-state index in [4.69, 9.17) is 34.8 Å². The second-order valence-corrected chi connectivity index (χ2v) is 5.16. The van der Waals surface area contributed by atoms with Gasteiger partial charge in [-0.3, -0.25) is 0 Å². The number of halogens is 6. The van der Waals surface area contributed by atoms with Crippen molar-refractivity contribution in [2.75, 3.05) is 0 Å². The smallest absolute Gasteiger partial charge is 0.177 e. The molecule has 21 heavy (non-hydrogen) atoms. The zero-order chi connectivity index (χ0) is 15.3. The largest absolute Gasteiger partial charge is 0.214 e. The number of fused-ring (bicyclic) bond motifs is 1. The fourth-order valence-corrected chi connectivity index (χ4v) is 2.68. The molecule has 108 valence electrons. The maximum absolute atomic E-state index is 13.9. The van der Waals surface area contributed by atoms with Gasteiger partial charge < -0.3 is 0 Å². The van der Waals surface area contributed by atoms with E-state index in [1.54, 1.807) is 0 Å². The monoisotopic (exact) mass is 351 g/mol. The summed E-state index contributed by atoms with van der Waals surface area (Å²) in [6.07, 6.45) is 1.26. The number of rotatable bonds is 1. The number of nitrogens with zero attached hydrogens (tertiary/aromatic N) is 3. The molecular weight excluding hydrogens is 350 g/mol. The lowest BCUT2D eigenvalue weighted by Crippen LogP contribution is -2.01. The molecule has 0 saturated carbocycles. The number of hydrogen-bond donors (Lipinski definition) is 0. The average molecular weight is 353 g/mol. The van der Waals surface area contributed by atoms with E-state index in [2.05, 4.69) is 10.1 Å². The molecule has 0 spiro atoms. The molecule has 0 radical (unpaired) electrons. The normalized spacial score (nSPS) is 11.3. The first-order valence-corrected chi connectivity index (χ1v) is 6.56. The van der Waals surface area contributed by atoms with Crippen molar-refractivity contribution in [1.29, 1.82) is 0 Å². The minimum absolute atomic E-state index is 0.137. The Morgan fingerprint density at radius 1 is 0.952 bits per heavy atom. The predicted molar refractivity (Wildman–Crippen MR) is 73.3 cm³/mol. The Hall–Kier alpha value is -1.50. The van der Waals surface area contributed by atoms with E-state index in [0.29, 0.717) is 12.1 Å². The van der Waals surface area contributed by atoms with Crippen molar-refractivity contribution in [3.05, 3.63) is 51.1 Å². The van der Waals surface area contributed by atoms with Crippen molar-refractivity contribution in [2.24, 2.45) is 0 Å². The molecule has 0 saturated heterocycles. The van der Waals surface area contributed by atoms with Crippen LogP contribution in [0.15, 0.2) is 18.3 Å². The van der Waals surface area contributed by atoms with Gasteiger partial charge in [-0.05, 0) is 0 Å². The lowest BCUT2D eigenvalue weighted by Gasteiger charge is -2.10. The molecule has 0 aliphatic rings. The van der Waals surface area contributed by atoms with Crippen molar-refractivity contribution in [1.82, 2.24) is 14.6 Å². The van der Waals surface area contributed by atoms with Crippen LogP contribution in [0, 0.1) is 17.5 Å². The van der Waals surface area contributed by atoms with Crippen LogP contribution in [0.2, 0.25) is 15.3 Å². The van der Waals surface area contributed by atoms with Gasteiger partial charge in [0, 0.05) is 12.1 Å². The molecule has 9 heteroatoms. The Morgan fingerprint density at radius 3 is 2.19 bits per heavy atom. The molecule has 3 aromatic rings. The second-order valence-electron chi connectivity index (χ2n) is 4.04. The fourth-order valence-electron chi connectivity index (χ4n) is 1.89. The lowest BCUT2D eigenvalue weighted by molar-refractivity contribution is 0.548. The van der Waals surface area contributed by atoms with Crippen LogP contribution >= 0.6 is 34.8 Å². The molecule has 0 atom stereocenters. The number of benzene rings is 1. The summed E-state index contributed by atoms with van der Waals surface area (Å²) in [6, 6.07) is 1.04. The van der Waals surface area contributed by atoms with Crippen LogP contribution in [0.1, 0.15) is 0 Å². The van der Waals surface area contributed by atoms with Gasteiger partial charge in [0.25, 0.3) is 0 Å². The highest BCUT2D eigenvalue weighted by molar-refractivity contribution is 6.39. The van der Waals surface area contributed by atoms with Gasteiger partial charge in [-0.1, -0.05) is 34.8 Å². The Morgan fingerprint density at radius 2 is 1.57 bits per heavy atom. The number of aromatic nitrogens is 3.